The number of aliphatic hydroxyl groups is 1. The van der Waals surface area contributed by atoms with Gasteiger partial charge in [0.1, 0.15) is 10.8 Å². The minimum Gasteiger partial charge on any atom is -0.504 e. The second-order valence-corrected chi connectivity index (χ2v) is 8.56. The highest BCUT2D eigenvalue weighted by Crippen LogP contribution is 2.36. The Morgan fingerprint density at radius 3 is 2.72 bits per heavy atom. The fraction of sp³-hybridized carbons (Fsp3) is 0.304. The SMILES string of the molecule is CCC(CO)CCNc1nc(Nc2ccncc2O)nc(C)c1-c1nc2ccccc2s1. The van der Waals surface area contributed by atoms with E-state index in [9.17, 15) is 10.2 Å². The molecule has 32 heavy (non-hydrogen) atoms. The van der Waals surface area contributed by atoms with Gasteiger partial charge in [-0.15, -0.1) is 11.3 Å². The Morgan fingerprint density at radius 2 is 1.97 bits per heavy atom. The first-order valence-corrected chi connectivity index (χ1v) is 11.4. The molecule has 1 aromatic carbocycles. The third-order valence-electron chi connectivity index (χ3n) is 5.32. The summed E-state index contributed by atoms with van der Waals surface area (Å²) in [6.07, 6.45) is 4.69. The minimum absolute atomic E-state index is 0.0206. The van der Waals surface area contributed by atoms with E-state index in [4.69, 9.17) is 9.97 Å². The molecule has 0 fully saturated rings. The lowest BCUT2D eigenvalue weighted by Crippen LogP contribution is -2.14. The first-order chi connectivity index (χ1) is 15.6. The summed E-state index contributed by atoms with van der Waals surface area (Å²) in [7, 11) is 0. The minimum atomic E-state index is 0.0206. The number of hydrogen-bond donors (Lipinski definition) is 4. The number of anilines is 3. The summed E-state index contributed by atoms with van der Waals surface area (Å²) in [5.41, 5.74) is 3.04. The Hall–Kier alpha value is -3.30. The van der Waals surface area contributed by atoms with E-state index in [2.05, 4.69) is 33.6 Å². The molecule has 1 unspecified atom stereocenters. The van der Waals surface area contributed by atoms with Gasteiger partial charge >= 0.3 is 0 Å². The van der Waals surface area contributed by atoms with Crippen molar-refractivity contribution in [2.75, 3.05) is 23.8 Å². The second-order valence-electron chi connectivity index (χ2n) is 7.53. The molecule has 0 saturated carbocycles. The molecule has 8 nitrogen and oxygen atoms in total. The Bertz CT molecular complexity index is 1180. The average Bonchev–Trinajstić information content (AvgIpc) is 3.21. The molecular weight excluding hydrogens is 424 g/mol. The summed E-state index contributed by atoms with van der Waals surface area (Å²) in [5.74, 6) is 1.29. The Kier molecular flexibility index (Phi) is 6.77. The second kappa shape index (κ2) is 9.88. The van der Waals surface area contributed by atoms with Gasteiger partial charge < -0.3 is 20.8 Å². The third kappa shape index (κ3) is 4.79. The van der Waals surface area contributed by atoms with Gasteiger partial charge in [-0.2, -0.15) is 4.98 Å². The monoisotopic (exact) mass is 450 g/mol. The molecule has 1 atom stereocenters. The van der Waals surface area contributed by atoms with Crippen molar-refractivity contribution in [1.29, 1.82) is 0 Å². The normalized spacial score (nSPS) is 12.1. The van der Waals surface area contributed by atoms with E-state index < -0.39 is 0 Å². The van der Waals surface area contributed by atoms with E-state index in [0.29, 0.717) is 24.0 Å². The zero-order chi connectivity index (χ0) is 22.5. The molecule has 0 amide bonds. The molecule has 4 aromatic rings. The quantitative estimate of drug-likeness (QED) is 0.289. The van der Waals surface area contributed by atoms with Crippen LogP contribution in [-0.4, -0.2) is 43.3 Å². The van der Waals surface area contributed by atoms with Gasteiger partial charge in [0.15, 0.2) is 5.75 Å². The van der Waals surface area contributed by atoms with Crippen LogP contribution in [0.2, 0.25) is 0 Å². The maximum atomic E-state index is 10.1. The lowest BCUT2D eigenvalue weighted by Gasteiger charge is -2.16. The lowest BCUT2D eigenvalue weighted by atomic mass is 10.0. The zero-order valence-corrected chi connectivity index (χ0v) is 18.9. The number of para-hydroxylation sites is 1. The van der Waals surface area contributed by atoms with Gasteiger partial charge in [-0.05, 0) is 37.5 Å². The highest BCUT2D eigenvalue weighted by atomic mass is 32.1. The van der Waals surface area contributed by atoms with Gasteiger partial charge in [0.25, 0.3) is 0 Å². The van der Waals surface area contributed by atoms with E-state index in [1.165, 1.54) is 6.20 Å². The van der Waals surface area contributed by atoms with Crippen molar-refractivity contribution < 1.29 is 10.2 Å². The van der Waals surface area contributed by atoms with Crippen LogP contribution in [0.1, 0.15) is 25.5 Å². The number of pyridine rings is 1. The van der Waals surface area contributed by atoms with Crippen LogP contribution < -0.4 is 10.6 Å². The number of rotatable bonds is 9. The number of benzene rings is 1. The van der Waals surface area contributed by atoms with E-state index in [-0.39, 0.29) is 18.3 Å². The maximum Gasteiger partial charge on any atom is 0.229 e. The van der Waals surface area contributed by atoms with E-state index in [0.717, 1.165) is 39.3 Å². The van der Waals surface area contributed by atoms with E-state index in [1.54, 1.807) is 23.6 Å². The highest BCUT2D eigenvalue weighted by molar-refractivity contribution is 7.21. The zero-order valence-electron chi connectivity index (χ0n) is 18.0. The number of nitrogens with one attached hydrogen (secondary N) is 2. The molecule has 0 aliphatic heterocycles. The molecule has 0 bridgehead atoms. The predicted octanol–water partition coefficient (Wildman–Crippen LogP) is 4.73. The van der Waals surface area contributed by atoms with Gasteiger partial charge in [-0.3, -0.25) is 4.98 Å². The van der Waals surface area contributed by atoms with Crippen LogP contribution in [0.3, 0.4) is 0 Å². The molecule has 9 heteroatoms. The van der Waals surface area contributed by atoms with Crippen LogP contribution in [-0.2, 0) is 0 Å². The Morgan fingerprint density at radius 1 is 1.12 bits per heavy atom. The molecule has 0 saturated heterocycles. The van der Waals surface area contributed by atoms with Gasteiger partial charge in [0.2, 0.25) is 5.95 Å². The molecule has 0 radical (unpaired) electrons. The number of aromatic hydroxyl groups is 1. The smallest absolute Gasteiger partial charge is 0.229 e. The number of hydrogen-bond acceptors (Lipinski definition) is 9. The molecule has 166 valence electrons. The van der Waals surface area contributed by atoms with Gasteiger partial charge in [-0.25, -0.2) is 9.97 Å². The van der Waals surface area contributed by atoms with Crippen molar-refractivity contribution in [3.05, 3.63) is 48.4 Å². The van der Waals surface area contributed by atoms with Crippen LogP contribution in [0.25, 0.3) is 20.8 Å². The summed E-state index contributed by atoms with van der Waals surface area (Å²) >= 11 is 1.60. The van der Waals surface area contributed by atoms with Crippen LogP contribution in [0, 0.1) is 12.8 Å². The first kappa shape index (κ1) is 21.9. The van der Waals surface area contributed by atoms with Gasteiger partial charge in [0.05, 0.1) is 33.4 Å². The topological polar surface area (TPSA) is 116 Å². The largest absolute Gasteiger partial charge is 0.504 e. The molecule has 0 aliphatic carbocycles. The molecule has 3 aromatic heterocycles. The fourth-order valence-corrected chi connectivity index (χ4v) is 4.49. The molecule has 0 spiro atoms. The lowest BCUT2D eigenvalue weighted by molar-refractivity contribution is 0.217. The molecular formula is C23H26N6O2S. The number of aryl methyl sites for hydroxylation is 1. The summed E-state index contributed by atoms with van der Waals surface area (Å²) < 4.78 is 1.10. The van der Waals surface area contributed by atoms with Gasteiger partial charge in [-0.1, -0.05) is 25.5 Å². The van der Waals surface area contributed by atoms with E-state index >= 15 is 0 Å². The maximum absolute atomic E-state index is 10.1. The fourth-order valence-electron chi connectivity index (χ4n) is 3.42. The van der Waals surface area contributed by atoms with Crippen molar-refractivity contribution in [2.24, 2.45) is 5.92 Å². The van der Waals surface area contributed by atoms with Crippen molar-refractivity contribution in [2.45, 2.75) is 26.7 Å². The van der Waals surface area contributed by atoms with Crippen LogP contribution in [0.15, 0.2) is 42.7 Å². The van der Waals surface area contributed by atoms with Crippen molar-refractivity contribution >= 4 is 39.0 Å². The summed E-state index contributed by atoms with van der Waals surface area (Å²) in [5, 5.41) is 26.9. The summed E-state index contributed by atoms with van der Waals surface area (Å²) in [4.78, 5) is 18.0. The molecule has 4 rings (SSSR count). The first-order valence-electron chi connectivity index (χ1n) is 10.6. The van der Waals surface area contributed by atoms with Crippen molar-refractivity contribution in [3.63, 3.8) is 0 Å². The van der Waals surface area contributed by atoms with Crippen LogP contribution in [0.4, 0.5) is 17.5 Å². The number of fused-ring (bicyclic) bond motifs is 1. The van der Waals surface area contributed by atoms with Gasteiger partial charge in [0, 0.05) is 19.3 Å². The molecule has 4 N–H and O–H groups in total. The number of thiazole rings is 1. The molecule has 3 heterocycles. The van der Waals surface area contributed by atoms with Crippen molar-refractivity contribution in [1.82, 2.24) is 19.9 Å². The number of nitrogens with zero attached hydrogens (tertiary/aromatic N) is 4. The van der Waals surface area contributed by atoms with Crippen LogP contribution in [0.5, 0.6) is 5.75 Å². The Balaban J connectivity index is 1.71. The summed E-state index contributed by atoms with van der Waals surface area (Å²) in [6.45, 7) is 4.83. The highest BCUT2D eigenvalue weighted by Gasteiger charge is 2.18. The third-order valence-corrected chi connectivity index (χ3v) is 6.38. The number of aromatic nitrogens is 4. The average molecular weight is 451 g/mol. The van der Waals surface area contributed by atoms with Crippen molar-refractivity contribution in [3.8, 4) is 16.3 Å². The molecule has 0 aliphatic rings. The Labute approximate surface area is 190 Å². The number of aliphatic hydroxyl groups excluding tert-OH is 1. The summed E-state index contributed by atoms with van der Waals surface area (Å²) in [6, 6.07) is 9.68. The van der Waals surface area contributed by atoms with E-state index in [1.807, 2.05) is 25.1 Å². The standard InChI is InChI=1S/C23H26N6O2S/c1-3-15(13-30)8-11-25-21-20(22-27-17-6-4-5-7-19(17)32-22)14(2)26-23(29-21)28-16-9-10-24-12-18(16)31/h4-7,9-10,12,15,30-31H,3,8,11,13H2,1-2H3,(H2,24,25,26,28,29). The predicted molar refractivity (Wildman–Crippen MR) is 129 cm³/mol. The van der Waals surface area contributed by atoms with Crippen LogP contribution >= 0.6 is 11.3 Å².